The SMILES string of the molecule is C#CC(C)(C)OC[C@H](O)CN1CCN(CC)CC1. The Bertz CT molecular complexity index is 278. The molecule has 1 fully saturated rings. The normalized spacial score (nSPS) is 20.6. The maximum Gasteiger partial charge on any atom is 0.122 e. The monoisotopic (exact) mass is 254 g/mol. The predicted molar refractivity (Wildman–Crippen MR) is 73.4 cm³/mol. The molecule has 1 rings (SSSR count). The van der Waals surface area contributed by atoms with E-state index < -0.39 is 11.7 Å². The summed E-state index contributed by atoms with van der Waals surface area (Å²) in [7, 11) is 0. The van der Waals surface area contributed by atoms with Gasteiger partial charge in [-0.25, -0.2) is 0 Å². The molecule has 18 heavy (non-hydrogen) atoms. The number of hydrogen-bond donors (Lipinski definition) is 1. The summed E-state index contributed by atoms with van der Waals surface area (Å²) >= 11 is 0. The highest BCUT2D eigenvalue weighted by Gasteiger charge is 2.20. The van der Waals surface area contributed by atoms with Crippen molar-refractivity contribution in [2.75, 3.05) is 45.9 Å². The molecule has 1 atom stereocenters. The van der Waals surface area contributed by atoms with Crippen molar-refractivity contribution in [3.63, 3.8) is 0 Å². The number of nitrogens with zero attached hydrogens (tertiary/aromatic N) is 2. The van der Waals surface area contributed by atoms with Crippen molar-refractivity contribution < 1.29 is 9.84 Å². The number of aliphatic hydroxyl groups is 1. The summed E-state index contributed by atoms with van der Waals surface area (Å²) < 4.78 is 5.50. The molecular formula is C14H26N2O2. The smallest absolute Gasteiger partial charge is 0.122 e. The molecule has 1 heterocycles. The van der Waals surface area contributed by atoms with Gasteiger partial charge < -0.3 is 14.7 Å². The zero-order valence-corrected chi connectivity index (χ0v) is 11.9. The van der Waals surface area contributed by atoms with E-state index in [1.807, 2.05) is 13.8 Å². The van der Waals surface area contributed by atoms with Gasteiger partial charge >= 0.3 is 0 Å². The number of β-amino-alcohol motifs (C(OH)–C–C–N with tert-alkyl or cyclic N) is 1. The Morgan fingerprint density at radius 1 is 1.28 bits per heavy atom. The maximum absolute atomic E-state index is 9.93. The van der Waals surface area contributed by atoms with Gasteiger partial charge in [-0.05, 0) is 20.4 Å². The van der Waals surface area contributed by atoms with E-state index in [4.69, 9.17) is 11.2 Å². The van der Waals surface area contributed by atoms with Gasteiger partial charge in [0.25, 0.3) is 0 Å². The topological polar surface area (TPSA) is 35.9 Å². The van der Waals surface area contributed by atoms with Crippen molar-refractivity contribution in [3.8, 4) is 12.3 Å². The largest absolute Gasteiger partial charge is 0.389 e. The average molecular weight is 254 g/mol. The summed E-state index contributed by atoms with van der Waals surface area (Å²) in [5, 5.41) is 9.93. The second-order valence-electron chi connectivity index (χ2n) is 5.35. The Balaban J connectivity index is 2.21. The van der Waals surface area contributed by atoms with Crippen LogP contribution in [0.25, 0.3) is 0 Å². The zero-order chi connectivity index (χ0) is 13.6. The van der Waals surface area contributed by atoms with Crippen LogP contribution in [0.4, 0.5) is 0 Å². The maximum atomic E-state index is 9.93. The van der Waals surface area contributed by atoms with E-state index in [1.54, 1.807) is 0 Å². The molecule has 1 aliphatic rings. The third-order valence-electron chi connectivity index (χ3n) is 3.37. The standard InChI is InChI=1S/C14H26N2O2/c1-5-14(3,4)18-12-13(17)11-16-9-7-15(6-2)8-10-16/h1,13,17H,6-12H2,2-4H3/t13-/m1/s1. The molecule has 1 saturated heterocycles. The van der Waals surface area contributed by atoms with Gasteiger partial charge in [0.2, 0.25) is 0 Å². The minimum absolute atomic E-state index is 0.297. The number of aliphatic hydroxyl groups excluding tert-OH is 1. The van der Waals surface area contributed by atoms with Crippen LogP contribution in [0.3, 0.4) is 0 Å². The number of hydrogen-bond acceptors (Lipinski definition) is 4. The van der Waals surface area contributed by atoms with Crippen molar-refractivity contribution in [1.29, 1.82) is 0 Å². The number of piperazine rings is 1. The van der Waals surface area contributed by atoms with E-state index in [2.05, 4.69) is 22.6 Å². The number of terminal acetylenes is 1. The molecule has 0 spiro atoms. The molecule has 0 aromatic rings. The Kier molecular flexibility index (Phi) is 6.10. The molecule has 0 radical (unpaired) electrons. The molecule has 4 heteroatoms. The molecule has 0 aliphatic carbocycles. The highest BCUT2D eigenvalue weighted by Crippen LogP contribution is 2.08. The molecule has 0 saturated carbocycles. The van der Waals surface area contributed by atoms with E-state index in [1.165, 1.54) is 0 Å². The first-order chi connectivity index (χ1) is 8.46. The molecule has 0 unspecified atom stereocenters. The van der Waals surface area contributed by atoms with Crippen molar-refractivity contribution >= 4 is 0 Å². The van der Waals surface area contributed by atoms with Gasteiger partial charge in [-0.15, -0.1) is 6.42 Å². The van der Waals surface area contributed by atoms with Gasteiger partial charge in [-0.1, -0.05) is 12.8 Å². The predicted octanol–water partition coefficient (Wildman–Crippen LogP) is 0.413. The van der Waals surface area contributed by atoms with Crippen molar-refractivity contribution in [1.82, 2.24) is 9.80 Å². The molecule has 1 N–H and O–H groups in total. The van der Waals surface area contributed by atoms with Crippen LogP contribution in [0.2, 0.25) is 0 Å². The van der Waals surface area contributed by atoms with E-state index in [9.17, 15) is 5.11 Å². The fourth-order valence-electron chi connectivity index (χ4n) is 1.99. The zero-order valence-electron chi connectivity index (χ0n) is 11.9. The summed E-state index contributed by atoms with van der Waals surface area (Å²) in [5.41, 5.74) is -0.595. The summed E-state index contributed by atoms with van der Waals surface area (Å²) in [5.74, 6) is 2.56. The summed E-state index contributed by atoms with van der Waals surface area (Å²) in [4.78, 5) is 4.70. The van der Waals surface area contributed by atoms with Crippen LogP contribution in [0, 0.1) is 12.3 Å². The van der Waals surface area contributed by atoms with Crippen LogP contribution >= 0.6 is 0 Å². The highest BCUT2D eigenvalue weighted by molar-refractivity contribution is 5.02. The fourth-order valence-corrected chi connectivity index (χ4v) is 1.99. The number of rotatable bonds is 6. The third-order valence-corrected chi connectivity index (χ3v) is 3.37. The first-order valence-electron chi connectivity index (χ1n) is 6.71. The van der Waals surface area contributed by atoms with Gasteiger partial charge in [-0.2, -0.15) is 0 Å². The minimum Gasteiger partial charge on any atom is -0.389 e. The Morgan fingerprint density at radius 3 is 2.33 bits per heavy atom. The van der Waals surface area contributed by atoms with E-state index in [-0.39, 0.29) is 0 Å². The van der Waals surface area contributed by atoms with Crippen LogP contribution in [-0.2, 0) is 4.74 Å². The number of likely N-dealkylation sites (N-methyl/N-ethyl adjacent to an activating group) is 1. The molecule has 0 amide bonds. The first kappa shape index (κ1) is 15.5. The lowest BCUT2D eigenvalue weighted by molar-refractivity contribution is -0.0407. The van der Waals surface area contributed by atoms with Crippen LogP contribution in [-0.4, -0.2) is 72.5 Å². The second-order valence-corrected chi connectivity index (χ2v) is 5.35. The molecule has 0 bridgehead atoms. The van der Waals surface area contributed by atoms with Gasteiger partial charge in [0.15, 0.2) is 0 Å². The van der Waals surface area contributed by atoms with Gasteiger partial charge in [0, 0.05) is 32.7 Å². The molecule has 4 nitrogen and oxygen atoms in total. The third kappa shape index (κ3) is 5.36. The fraction of sp³-hybridized carbons (Fsp3) is 0.857. The van der Waals surface area contributed by atoms with Gasteiger partial charge in [0.1, 0.15) is 5.60 Å². The van der Waals surface area contributed by atoms with Crippen molar-refractivity contribution in [2.45, 2.75) is 32.5 Å². The number of ether oxygens (including phenoxy) is 1. The summed E-state index contributed by atoms with van der Waals surface area (Å²) in [6.45, 7) is 12.1. The molecule has 0 aromatic carbocycles. The van der Waals surface area contributed by atoms with E-state index in [0.717, 1.165) is 32.7 Å². The minimum atomic E-state index is -0.595. The summed E-state index contributed by atoms with van der Waals surface area (Å²) in [6, 6.07) is 0. The Morgan fingerprint density at radius 2 is 1.83 bits per heavy atom. The quantitative estimate of drug-likeness (QED) is 0.697. The lowest BCUT2D eigenvalue weighted by Gasteiger charge is -2.35. The Hall–Kier alpha value is -0.600. The second kappa shape index (κ2) is 7.10. The lowest BCUT2D eigenvalue weighted by Crippen LogP contribution is -2.49. The van der Waals surface area contributed by atoms with E-state index in [0.29, 0.717) is 13.2 Å². The van der Waals surface area contributed by atoms with Crippen molar-refractivity contribution in [2.24, 2.45) is 0 Å². The highest BCUT2D eigenvalue weighted by atomic mass is 16.5. The Labute approximate surface area is 111 Å². The first-order valence-corrected chi connectivity index (χ1v) is 6.71. The lowest BCUT2D eigenvalue weighted by atomic mass is 10.1. The van der Waals surface area contributed by atoms with Crippen LogP contribution in [0.1, 0.15) is 20.8 Å². The molecule has 1 aliphatic heterocycles. The van der Waals surface area contributed by atoms with Crippen molar-refractivity contribution in [3.05, 3.63) is 0 Å². The van der Waals surface area contributed by atoms with E-state index >= 15 is 0 Å². The van der Waals surface area contributed by atoms with Crippen LogP contribution in [0.15, 0.2) is 0 Å². The molecule has 104 valence electrons. The molecule has 0 aromatic heterocycles. The van der Waals surface area contributed by atoms with Gasteiger partial charge in [0.05, 0.1) is 12.7 Å². The van der Waals surface area contributed by atoms with Gasteiger partial charge in [-0.3, -0.25) is 4.90 Å². The van der Waals surface area contributed by atoms with Crippen LogP contribution in [0.5, 0.6) is 0 Å². The van der Waals surface area contributed by atoms with Crippen LogP contribution < -0.4 is 0 Å². The summed E-state index contributed by atoms with van der Waals surface area (Å²) in [6.07, 6.45) is 4.87. The molecular weight excluding hydrogens is 228 g/mol. The average Bonchev–Trinajstić information content (AvgIpc) is 2.37.